The lowest BCUT2D eigenvalue weighted by Gasteiger charge is -2.31. The molecule has 0 saturated carbocycles. The van der Waals surface area contributed by atoms with Crippen LogP contribution in [0.4, 0.5) is 5.69 Å². The molecule has 0 saturated heterocycles. The Kier molecular flexibility index (Phi) is 7.53. The fourth-order valence-electron chi connectivity index (χ4n) is 3.84. The molecule has 8 heteroatoms. The van der Waals surface area contributed by atoms with Crippen LogP contribution < -0.4 is 0 Å². The molecule has 2 aromatic rings. The third-order valence-corrected chi connectivity index (χ3v) is 5.25. The van der Waals surface area contributed by atoms with Crippen LogP contribution in [0, 0.1) is 16.0 Å². The Morgan fingerprint density at radius 3 is 2.47 bits per heavy atom. The molecule has 2 aromatic carbocycles. The summed E-state index contributed by atoms with van der Waals surface area (Å²) in [6, 6.07) is 15.1. The van der Waals surface area contributed by atoms with Crippen LogP contribution in [0.1, 0.15) is 37.8 Å². The van der Waals surface area contributed by atoms with Crippen molar-refractivity contribution in [3.63, 3.8) is 0 Å². The second-order valence-electron chi connectivity index (χ2n) is 7.80. The van der Waals surface area contributed by atoms with Gasteiger partial charge in [-0.3, -0.25) is 19.9 Å². The molecule has 0 amide bonds. The molecule has 3 rings (SSSR count). The summed E-state index contributed by atoms with van der Waals surface area (Å²) in [6.07, 6.45) is 2.88. The summed E-state index contributed by atoms with van der Waals surface area (Å²) in [5.41, 5.74) is 1.94. The van der Waals surface area contributed by atoms with Gasteiger partial charge in [0.15, 0.2) is 0 Å². The fraction of sp³-hybridized carbons (Fsp3) is 0.192. The largest absolute Gasteiger partial charge is 0.431 e. The first-order valence-corrected chi connectivity index (χ1v) is 10.5. The topological polar surface area (TPSA) is 108 Å². The molecule has 0 spiro atoms. The number of allylic oxidation sites excluding steroid dienone is 2. The minimum Gasteiger partial charge on any atom is -0.431 e. The van der Waals surface area contributed by atoms with E-state index in [9.17, 15) is 19.7 Å². The molecule has 8 nitrogen and oxygen atoms in total. The van der Waals surface area contributed by atoms with Crippen molar-refractivity contribution in [3.05, 3.63) is 106 Å². The first kappa shape index (κ1) is 24.3. The van der Waals surface area contributed by atoms with Gasteiger partial charge >= 0.3 is 11.9 Å². The van der Waals surface area contributed by atoms with Gasteiger partial charge in [0.2, 0.25) is 0 Å². The molecule has 0 radical (unpaired) electrons. The number of rotatable bonds is 7. The first-order valence-electron chi connectivity index (χ1n) is 10.5. The number of hydrogen-bond donors (Lipinski definition) is 0. The molecule has 0 bridgehead atoms. The van der Waals surface area contributed by atoms with Crippen molar-refractivity contribution in [2.45, 2.75) is 26.7 Å². The van der Waals surface area contributed by atoms with Gasteiger partial charge in [-0.25, -0.2) is 4.79 Å². The van der Waals surface area contributed by atoms with Crippen LogP contribution in [-0.4, -0.2) is 22.6 Å². The number of aliphatic imine (C=N–C) groups is 1. The van der Waals surface area contributed by atoms with Gasteiger partial charge in [-0.1, -0.05) is 49.0 Å². The Balaban J connectivity index is 2.05. The summed E-state index contributed by atoms with van der Waals surface area (Å²) in [6.45, 7) is 8.41. The van der Waals surface area contributed by atoms with E-state index in [1.165, 1.54) is 31.4 Å². The van der Waals surface area contributed by atoms with Gasteiger partial charge in [-0.15, -0.1) is 0 Å². The number of esters is 2. The van der Waals surface area contributed by atoms with Crippen LogP contribution in [0.15, 0.2) is 89.5 Å². The van der Waals surface area contributed by atoms with E-state index >= 15 is 0 Å². The third kappa shape index (κ3) is 5.53. The number of benzene rings is 2. The number of non-ortho nitro benzene ring substituents is 1. The highest BCUT2D eigenvalue weighted by Crippen LogP contribution is 2.41. The average Bonchev–Trinajstić information content (AvgIpc) is 2.78. The number of hydrogen-bond acceptors (Lipinski definition) is 7. The standard InChI is InChI=1S/C26H24N2O6/c1-16(2)34-26(30)23-18(4)27-17(3)22(24(23)20-11-8-12-21(15-20)28(31)32)25(29)33-14-13-19-9-6-5-7-10-19/h5-15,23-24H,1H2,2-4H3. The van der Waals surface area contributed by atoms with Gasteiger partial charge in [0.1, 0.15) is 5.92 Å². The zero-order chi connectivity index (χ0) is 24.8. The maximum absolute atomic E-state index is 13.2. The van der Waals surface area contributed by atoms with Crippen molar-refractivity contribution in [1.82, 2.24) is 0 Å². The fourth-order valence-corrected chi connectivity index (χ4v) is 3.84. The number of carbonyl (C=O) groups excluding carboxylic acids is 2. The first-order chi connectivity index (χ1) is 16.2. The average molecular weight is 460 g/mol. The summed E-state index contributed by atoms with van der Waals surface area (Å²) in [4.78, 5) is 41.5. The zero-order valence-electron chi connectivity index (χ0n) is 19.1. The highest BCUT2D eigenvalue weighted by molar-refractivity contribution is 6.07. The van der Waals surface area contributed by atoms with Gasteiger partial charge < -0.3 is 9.47 Å². The van der Waals surface area contributed by atoms with Crippen molar-refractivity contribution < 1.29 is 24.0 Å². The Labute approximate surface area is 197 Å². The lowest BCUT2D eigenvalue weighted by molar-refractivity contribution is -0.384. The number of ether oxygens (including phenoxy) is 2. The SMILES string of the molecule is C=C(C)OC(=O)C1C(C)=NC(C)=C(C(=O)OC=Cc2ccccc2)C1c1cccc([N+](=O)[O-])c1. The number of nitro benzene ring substituents is 1. The van der Waals surface area contributed by atoms with Crippen LogP contribution in [0.5, 0.6) is 0 Å². The van der Waals surface area contributed by atoms with E-state index in [1.807, 2.05) is 30.3 Å². The molecule has 1 aliphatic heterocycles. The van der Waals surface area contributed by atoms with E-state index in [1.54, 1.807) is 26.0 Å². The Hall–Kier alpha value is -4.33. The summed E-state index contributed by atoms with van der Waals surface area (Å²) in [5, 5.41) is 11.4. The normalized spacial score (nSPS) is 17.8. The quantitative estimate of drug-likeness (QED) is 0.239. The smallest absolute Gasteiger partial charge is 0.341 e. The maximum atomic E-state index is 13.2. The minimum atomic E-state index is -0.997. The second kappa shape index (κ2) is 10.5. The van der Waals surface area contributed by atoms with Crippen molar-refractivity contribution in [2.24, 2.45) is 10.9 Å². The molecule has 34 heavy (non-hydrogen) atoms. The van der Waals surface area contributed by atoms with Gasteiger partial charge in [0, 0.05) is 29.5 Å². The van der Waals surface area contributed by atoms with Crippen LogP contribution in [0.25, 0.3) is 6.08 Å². The van der Waals surface area contributed by atoms with E-state index in [0.29, 0.717) is 17.0 Å². The minimum absolute atomic E-state index is 0.118. The maximum Gasteiger partial charge on any atom is 0.341 e. The number of nitro groups is 1. The molecular weight excluding hydrogens is 436 g/mol. The van der Waals surface area contributed by atoms with Gasteiger partial charge in [-0.05, 0) is 38.0 Å². The molecular formula is C26H24N2O6. The highest BCUT2D eigenvalue weighted by atomic mass is 16.6. The molecule has 0 N–H and O–H groups in total. The van der Waals surface area contributed by atoms with Gasteiger partial charge in [0.25, 0.3) is 5.69 Å². The summed E-state index contributed by atoms with van der Waals surface area (Å²) < 4.78 is 10.6. The van der Waals surface area contributed by atoms with Crippen molar-refractivity contribution in [3.8, 4) is 0 Å². The Bertz CT molecular complexity index is 1230. The molecule has 0 aromatic heterocycles. The molecule has 1 aliphatic rings. The summed E-state index contributed by atoms with van der Waals surface area (Å²) in [7, 11) is 0. The van der Waals surface area contributed by atoms with Gasteiger partial charge in [-0.2, -0.15) is 0 Å². The van der Waals surface area contributed by atoms with Crippen molar-refractivity contribution >= 4 is 29.4 Å². The van der Waals surface area contributed by atoms with Crippen molar-refractivity contribution in [1.29, 1.82) is 0 Å². The van der Waals surface area contributed by atoms with E-state index in [2.05, 4.69) is 11.6 Å². The highest BCUT2D eigenvalue weighted by Gasteiger charge is 2.43. The van der Waals surface area contributed by atoms with Crippen molar-refractivity contribution in [2.75, 3.05) is 0 Å². The summed E-state index contributed by atoms with van der Waals surface area (Å²) in [5.74, 6) is -3.10. The lowest BCUT2D eigenvalue weighted by atomic mass is 9.75. The number of nitrogens with zero attached hydrogens (tertiary/aromatic N) is 2. The zero-order valence-corrected chi connectivity index (χ0v) is 19.1. The second-order valence-corrected chi connectivity index (χ2v) is 7.80. The lowest BCUT2D eigenvalue weighted by Crippen LogP contribution is -2.36. The molecule has 1 heterocycles. The van der Waals surface area contributed by atoms with E-state index in [4.69, 9.17) is 9.47 Å². The van der Waals surface area contributed by atoms with Crippen LogP contribution in [-0.2, 0) is 19.1 Å². The molecule has 2 atom stereocenters. The third-order valence-electron chi connectivity index (χ3n) is 5.25. The predicted molar refractivity (Wildman–Crippen MR) is 128 cm³/mol. The van der Waals surface area contributed by atoms with E-state index in [0.717, 1.165) is 5.56 Å². The molecule has 174 valence electrons. The van der Waals surface area contributed by atoms with E-state index in [-0.39, 0.29) is 17.0 Å². The van der Waals surface area contributed by atoms with E-state index < -0.39 is 28.7 Å². The molecule has 2 unspecified atom stereocenters. The molecule has 0 aliphatic carbocycles. The Morgan fingerprint density at radius 2 is 1.82 bits per heavy atom. The predicted octanol–water partition coefficient (Wildman–Crippen LogP) is 5.33. The van der Waals surface area contributed by atoms with Crippen LogP contribution >= 0.6 is 0 Å². The van der Waals surface area contributed by atoms with Crippen LogP contribution in [0.2, 0.25) is 0 Å². The summed E-state index contributed by atoms with van der Waals surface area (Å²) >= 11 is 0. The van der Waals surface area contributed by atoms with Crippen LogP contribution in [0.3, 0.4) is 0 Å². The monoisotopic (exact) mass is 460 g/mol. The Morgan fingerprint density at radius 1 is 1.12 bits per heavy atom. The molecule has 0 fully saturated rings. The number of carbonyl (C=O) groups is 2. The van der Waals surface area contributed by atoms with Gasteiger partial charge in [0.05, 0.1) is 22.5 Å².